The van der Waals surface area contributed by atoms with Crippen molar-refractivity contribution in [3.8, 4) is 0 Å². The summed E-state index contributed by atoms with van der Waals surface area (Å²) in [4.78, 5) is 13.3. The molecule has 0 saturated heterocycles. The number of benzene rings is 1. The number of halogens is 4. The highest BCUT2D eigenvalue weighted by Gasteiger charge is 2.19. The largest absolute Gasteiger partial charge is 0.332 e. The predicted octanol–water partition coefficient (Wildman–Crippen LogP) is 3.86. The molecule has 6 heteroatoms. The minimum atomic E-state index is -2.53. The number of rotatable bonds is 5. The lowest BCUT2D eigenvalue weighted by atomic mass is 10.1. The van der Waals surface area contributed by atoms with Crippen molar-refractivity contribution in [1.82, 2.24) is 4.90 Å². The Morgan fingerprint density at radius 2 is 2.06 bits per heavy atom. The van der Waals surface area contributed by atoms with Gasteiger partial charge in [-0.3, -0.25) is 4.79 Å². The number of aryl methyl sites for hydroxylation is 1. The average Bonchev–Trinajstić information content (AvgIpc) is 2.25. The van der Waals surface area contributed by atoms with E-state index in [1.54, 1.807) is 12.1 Å². The van der Waals surface area contributed by atoms with Crippen LogP contribution in [0.2, 0.25) is 0 Å². The van der Waals surface area contributed by atoms with Crippen molar-refractivity contribution in [1.29, 1.82) is 0 Å². The quantitative estimate of drug-likeness (QED) is 0.706. The molecule has 0 fully saturated rings. The summed E-state index contributed by atoms with van der Waals surface area (Å²) in [5.74, 6) is -0.376. The van der Waals surface area contributed by atoms with Gasteiger partial charge in [0.15, 0.2) is 0 Å². The second-order valence-corrected chi connectivity index (χ2v) is 5.56. The Balaban J connectivity index is 2.93. The summed E-state index contributed by atoms with van der Waals surface area (Å²) in [5.41, 5.74) is 1.33. The number of hydrogen-bond donors (Lipinski definition) is 0. The first-order chi connectivity index (χ1) is 8.43. The van der Waals surface area contributed by atoms with Crippen LogP contribution in [-0.2, 0) is 0 Å². The molecule has 0 heterocycles. The van der Waals surface area contributed by atoms with E-state index in [-0.39, 0.29) is 12.5 Å². The van der Waals surface area contributed by atoms with E-state index in [1.807, 2.05) is 13.0 Å². The third-order valence-electron chi connectivity index (χ3n) is 2.29. The van der Waals surface area contributed by atoms with Crippen LogP contribution in [0.5, 0.6) is 0 Å². The van der Waals surface area contributed by atoms with Gasteiger partial charge in [-0.2, -0.15) is 0 Å². The topological polar surface area (TPSA) is 20.3 Å². The van der Waals surface area contributed by atoms with E-state index < -0.39 is 13.0 Å². The van der Waals surface area contributed by atoms with Crippen LogP contribution in [0.25, 0.3) is 0 Å². The molecule has 0 aliphatic heterocycles. The molecule has 1 aromatic rings. The molecule has 100 valence electrons. The van der Waals surface area contributed by atoms with E-state index in [0.717, 1.165) is 14.9 Å². The summed E-state index contributed by atoms with van der Waals surface area (Å²) in [6.07, 6.45) is -2.53. The number of amides is 1. The van der Waals surface area contributed by atoms with Crippen molar-refractivity contribution in [2.24, 2.45) is 0 Å². The third-order valence-corrected chi connectivity index (χ3v) is 3.10. The van der Waals surface area contributed by atoms with Crippen LogP contribution in [0.4, 0.5) is 8.78 Å². The summed E-state index contributed by atoms with van der Waals surface area (Å²) < 4.78 is 25.6. The van der Waals surface area contributed by atoms with Crippen LogP contribution in [0.1, 0.15) is 15.9 Å². The Kier molecular flexibility index (Phi) is 6.21. The normalized spacial score (nSPS) is 10.8. The fourth-order valence-corrected chi connectivity index (χ4v) is 2.62. The molecule has 2 nitrogen and oxygen atoms in total. The highest BCUT2D eigenvalue weighted by atomic mass is 79.9. The second-order valence-electron chi connectivity index (χ2n) is 3.85. The van der Waals surface area contributed by atoms with Crippen LogP contribution in [-0.4, -0.2) is 35.7 Å². The summed E-state index contributed by atoms with van der Waals surface area (Å²) in [6, 6.07) is 5.19. The van der Waals surface area contributed by atoms with Crippen molar-refractivity contribution in [3.63, 3.8) is 0 Å². The van der Waals surface area contributed by atoms with Crippen molar-refractivity contribution >= 4 is 37.8 Å². The zero-order valence-corrected chi connectivity index (χ0v) is 13.0. The van der Waals surface area contributed by atoms with Gasteiger partial charge in [-0.25, -0.2) is 8.78 Å². The van der Waals surface area contributed by atoms with Crippen LogP contribution < -0.4 is 0 Å². The van der Waals surface area contributed by atoms with E-state index in [4.69, 9.17) is 0 Å². The van der Waals surface area contributed by atoms with Gasteiger partial charge in [-0.05, 0) is 30.7 Å². The Labute approximate surface area is 122 Å². The maximum Gasteiger partial charge on any atom is 0.255 e. The van der Waals surface area contributed by atoms with Crippen LogP contribution >= 0.6 is 31.9 Å². The Morgan fingerprint density at radius 3 is 2.56 bits per heavy atom. The van der Waals surface area contributed by atoms with E-state index in [0.29, 0.717) is 10.9 Å². The molecule has 1 rings (SSSR count). The van der Waals surface area contributed by atoms with Crippen LogP contribution in [0.15, 0.2) is 22.7 Å². The van der Waals surface area contributed by atoms with Crippen LogP contribution in [0, 0.1) is 6.92 Å². The molecular weight excluding hydrogens is 372 g/mol. The predicted molar refractivity (Wildman–Crippen MR) is 74.6 cm³/mol. The number of nitrogens with zero attached hydrogens (tertiary/aromatic N) is 1. The highest BCUT2D eigenvalue weighted by molar-refractivity contribution is 9.10. The fourth-order valence-electron chi connectivity index (χ4n) is 1.59. The Hall–Kier alpha value is -0.490. The molecular formula is C12H13Br2F2NO. The van der Waals surface area contributed by atoms with Gasteiger partial charge in [0.2, 0.25) is 0 Å². The molecule has 0 aromatic heterocycles. The van der Waals surface area contributed by atoms with E-state index in [1.165, 1.54) is 0 Å². The lowest BCUT2D eigenvalue weighted by Crippen LogP contribution is -2.36. The zero-order chi connectivity index (χ0) is 13.7. The van der Waals surface area contributed by atoms with E-state index >= 15 is 0 Å². The standard InChI is InChI=1S/C12H13Br2F2NO/c1-8-4-9(6-10(14)5-8)12(18)17(3-2-13)7-11(15)16/h4-6,11H,2-3,7H2,1H3. The van der Waals surface area contributed by atoms with Crippen molar-refractivity contribution in [2.45, 2.75) is 13.3 Å². The van der Waals surface area contributed by atoms with Gasteiger partial charge in [-0.1, -0.05) is 31.9 Å². The molecule has 0 saturated carbocycles. The maximum atomic E-state index is 12.4. The molecule has 1 aromatic carbocycles. The number of hydrogen-bond acceptors (Lipinski definition) is 1. The first-order valence-corrected chi connectivity index (χ1v) is 7.26. The molecule has 0 aliphatic rings. The van der Waals surface area contributed by atoms with Crippen molar-refractivity contribution < 1.29 is 13.6 Å². The molecule has 0 aliphatic carbocycles. The van der Waals surface area contributed by atoms with E-state index in [9.17, 15) is 13.6 Å². The van der Waals surface area contributed by atoms with Crippen molar-refractivity contribution in [2.75, 3.05) is 18.4 Å². The van der Waals surface area contributed by atoms with Crippen molar-refractivity contribution in [3.05, 3.63) is 33.8 Å². The molecule has 0 bridgehead atoms. The maximum absolute atomic E-state index is 12.4. The van der Waals surface area contributed by atoms with Gasteiger partial charge in [0.25, 0.3) is 12.3 Å². The Morgan fingerprint density at radius 1 is 1.39 bits per heavy atom. The summed E-state index contributed by atoms with van der Waals surface area (Å²) in [5, 5.41) is 0.471. The third kappa shape index (κ3) is 4.65. The minimum absolute atomic E-state index is 0.259. The lowest BCUT2D eigenvalue weighted by Gasteiger charge is -2.21. The number of alkyl halides is 3. The smallest absolute Gasteiger partial charge is 0.255 e. The average molecular weight is 385 g/mol. The number of carbonyl (C=O) groups is 1. The molecule has 0 N–H and O–H groups in total. The highest BCUT2D eigenvalue weighted by Crippen LogP contribution is 2.17. The first kappa shape index (κ1) is 15.6. The molecule has 0 spiro atoms. The molecule has 1 amide bonds. The van der Waals surface area contributed by atoms with Crippen LogP contribution in [0.3, 0.4) is 0 Å². The summed E-state index contributed by atoms with van der Waals surface area (Å²) in [7, 11) is 0. The monoisotopic (exact) mass is 383 g/mol. The minimum Gasteiger partial charge on any atom is -0.332 e. The van der Waals surface area contributed by atoms with E-state index in [2.05, 4.69) is 31.9 Å². The van der Waals surface area contributed by atoms with Gasteiger partial charge in [0.1, 0.15) is 0 Å². The first-order valence-electron chi connectivity index (χ1n) is 5.34. The van der Waals surface area contributed by atoms with Gasteiger partial charge < -0.3 is 4.90 Å². The molecule has 0 radical (unpaired) electrons. The van der Waals surface area contributed by atoms with Gasteiger partial charge in [0, 0.05) is 21.9 Å². The fraction of sp³-hybridized carbons (Fsp3) is 0.417. The Bertz CT molecular complexity index is 406. The molecule has 18 heavy (non-hydrogen) atoms. The van der Waals surface area contributed by atoms with Gasteiger partial charge in [0.05, 0.1) is 6.54 Å². The summed E-state index contributed by atoms with van der Waals surface area (Å²) in [6.45, 7) is 1.56. The number of carbonyl (C=O) groups excluding carboxylic acids is 1. The lowest BCUT2D eigenvalue weighted by molar-refractivity contribution is 0.0572. The summed E-state index contributed by atoms with van der Waals surface area (Å²) >= 11 is 6.45. The van der Waals surface area contributed by atoms with Gasteiger partial charge in [-0.15, -0.1) is 0 Å². The molecule has 0 atom stereocenters. The zero-order valence-electron chi connectivity index (χ0n) is 9.80. The second kappa shape index (κ2) is 7.19. The molecule has 0 unspecified atom stereocenters. The van der Waals surface area contributed by atoms with Gasteiger partial charge >= 0.3 is 0 Å². The SMILES string of the molecule is Cc1cc(Br)cc(C(=O)N(CCBr)CC(F)F)c1.